The highest BCUT2D eigenvalue weighted by atomic mass is 16.5. The number of hydrogen-bond donors (Lipinski definition) is 2. The summed E-state index contributed by atoms with van der Waals surface area (Å²) in [5.41, 5.74) is 6.47. The number of benzene rings is 3. The monoisotopic (exact) mass is 464 g/mol. The highest BCUT2D eigenvalue weighted by molar-refractivity contribution is 5.91. The fraction of sp³-hybridized carbons (Fsp3) is 0.172. The van der Waals surface area contributed by atoms with Gasteiger partial charge >= 0.3 is 0 Å². The van der Waals surface area contributed by atoms with Gasteiger partial charge in [-0.05, 0) is 72.0 Å². The lowest BCUT2D eigenvalue weighted by atomic mass is 10.0. The molecule has 5 aromatic rings. The molecular formula is C29H28N4O2. The zero-order chi connectivity index (χ0) is 24.0. The molecule has 35 heavy (non-hydrogen) atoms. The molecule has 0 unspecified atom stereocenters. The summed E-state index contributed by atoms with van der Waals surface area (Å²) in [6, 6.07) is 26.2. The number of hydrogen-bond acceptors (Lipinski definition) is 3. The van der Waals surface area contributed by atoms with Crippen LogP contribution in [0.4, 0.5) is 0 Å². The predicted molar refractivity (Wildman–Crippen MR) is 139 cm³/mol. The average molecular weight is 465 g/mol. The Morgan fingerprint density at radius 1 is 0.971 bits per heavy atom. The number of aryl methyl sites for hydroxylation is 1. The molecule has 2 aromatic heterocycles. The van der Waals surface area contributed by atoms with Crippen molar-refractivity contribution in [2.45, 2.75) is 19.3 Å². The van der Waals surface area contributed by atoms with E-state index in [1.807, 2.05) is 83.8 Å². The van der Waals surface area contributed by atoms with Crippen LogP contribution in [-0.4, -0.2) is 34.3 Å². The first kappa shape index (κ1) is 22.5. The Morgan fingerprint density at radius 3 is 2.54 bits per heavy atom. The maximum atomic E-state index is 12.7. The van der Waals surface area contributed by atoms with Crippen molar-refractivity contribution in [3.05, 3.63) is 102 Å². The van der Waals surface area contributed by atoms with E-state index in [2.05, 4.69) is 27.5 Å². The fourth-order valence-electron chi connectivity index (χ4n) is 4.35. The molecule has 0 saturated heterocycles. The number of aromatic nitrogens is 3. The van der Waals surface area contributed by atoms with Crippen molar-refractivity contribution in [1.82, 2.24) is 20.1 Å². The normalized spacial score (nSPS) is 11.0. The van der Waals surface area contributed by atoms with E-state index in [9.17, 15) is 4.79 Å². The van der Waals surface area contributed by atoms with Gasteiger partial charge in [-0.15, -0.1) is 0 Å². The third kappa shape index (κ3) is 5.11. The second kappa shape index (κ2) is 10.3. The van der Waals surface area contributed by atoms with Gasteiger partial charge in [0.1, 0.15) is 5.75 Å². The van der Waals surface area contributed by atoms with Gasteiger partial charge in [-0.3, -0.25) is 4.79 Å². The molecule has 0 aliphatic carbocycles. The molecule has 0 atom stereocenters. The summed E-state index contributed by atoms with van der Waals surface area (Å²) in [6.07, 6.45) is 5.68. The van der Waals surface area contributed by atoms with Gasteiger partial charge in [0.15, 0.2) is 0 Å². The van der Waals surface area contributed by atoms with E-state index in [0.29, 0.717) is 19.4 Å². The van der Waals surface area contributed by atoms with Crippen LogP contribution in [0.25, 0.3) is 27.8 Å². The molecule has 2 N–H and O–H groups in total. The van der Waals surface area contributed by atoms with Crippen LogP contribution < -0.4 is 10.1 Å². The second-order valence-corrected chi connectivity index (χ2v) is 8.48. The van der Waals surface area contributed by atoms with E-state index in [1.165, 1.54) is 0 Å². The van der Waals surface area contributed by atoms with Crippen LogP contribution in [0.5, 0.6) is 5.75 Å². The number of methoxy groups -OCH3 is 1. The lowest BCUT2D eigenvalue weighted by Gasteiger charge is -2.08. The Kier molecular flexibility index (Phi) is 6.61. The molecule has 2 heterocycles. The van der Waals surface area contributed by atoms with E-state index < -0.39 is 0 Å². The van der Waals surface area contributed by atoms with Crippen LogP contribution in [0.1, 0.15) is 17.5 Å². The van der Waals surface area contributed by atoms with Crippen molar-refractivity contribution in [2.75, 3.05) is 13.7 Å². The number of nitrogens with zero attached hydrogens (tertiary/aromatic N) is 2. The van der Waals surface area contributed by atoms with Crippen LogP contribution in [0.2, 0.25) is 0 Å². The van der Waals surface area contributed by atoms with Crippen molar-refractivity contribution in [3.8, 4) is 22.7 Å². The smallest absolute Gasteiger partial charge is 0.220 e. The predicted octanol–water partition coefficient (Wildman–Crippen LogP) is 5.32. The molecule has 0 spiro atoms. The minimum absolute atomic E-state index is 0.0476. The Morgan fingerprint density at radius 2 is 1.74 bits per heavy atom. The van der Waals surface area contributed by atoms with Gasteiger partial charge in [-0.2, -0.15) is 5.10 Å². The van der Waals surface area contributed by atoms with E-state index in [0.717, 1.165) is 51.1 Å². The third-order valence-electron chi connectivity index (χ3n) is 6.19. The van der Waals surface area contributed by atoms with E-state index in [1.54, 1.807) is 7.11 Å². The standard InChI is InChI=1S/C29H28N4O2/c1-35-24-13-11-22(12-14-24)29-26(25-9-5-6-10-27(25)32-29)15-16-28(34)30-18-17-21-19-31-33(20-21)23-7-3-2-4-8-23/h2-14,19-20,32H,15-18H2,1H3,(H,30,34). The van der Waals surface area contributed by atoms with Gasteiger partial charge in [0.2, 0.25) is 5.91 Å². The number of para-hydroxylation sites is 2. The molecule has 6 nitrogen and oxygen atoms in total. The molecule has 6 heteroatoms. The highest BCUT2D eigenvalue weighted by Gasteiger charge is 2.14. The van der Waals surface area contributed by atoms with Crippen molar-refractivity contribution >= 4 is 16.8 Å². The Hall–Kier alpha value is -4.32. The number of nitrogens with one attached hydrogen (secondary N) is 2. The highest BCUT2D eigenvalue weighted by Crippen LogP contribution is 2.32. The maximum absolute atomic E-state index is 12.7. The van der Waals surface area contributed by atoms with Gasteiger partial charge in [-0.25, -0.2) is 4.68 Å². The van der Waals surface area contributed by atoms with Gasteiger partial charge in [0.05, 0.1) is 19.0 Å². The topological polar surface area (TPSA) is 71.9 Å². The van der Waals surface area contributed by atoms with Gasteiger partial charge in [-0.1, -0.05) is 36.4 Å². The quantitative estimate of drug-likeness (QED) is 0.310. The van der Waals surface area contributed by atoms with Crippen LogP contribution in [-0.2, 0) is 17.6 Å². The molecule has 3 aromatic carbocycles. The number of carbonyl (C=O) groups is 1. The molecule has 0 aliphatic heterocycles. The minimum atomic E-state index is 0.0476. The van der Waals surface area contributed by atoms with Crippen LogP contribution in [0.15, 0.2) is 91.3 Å². The summed E-state index contributed by atoms with van der Waals surface area (Å²) in [5, 5.41) is 8.64. The Bertz CT molecular complexity index is 1420. The zero-order valence-corrected chi connectivity index (χ0v) is 19.7. The van der Waals surface area contributed by atoms with E-state index >= 15 is 0 Å². The molecule has 5 rings (SSSR count). The number of H-pyrrole nitrogens is 1. The molecule has 0 radical (unpaired) electrons. The largest absolute Gasteiger partial charge is 0.497 e. The number of carbonyl (C=O) groups excluding carboxylic acids is 1. The van der Waals surface area contributed by atoms with Crippen molar-refractivity contribution in [3.63, 3.8) is 0 Å². The van der Waals surface area contributed by atoms with Crippen molar-refractivity contribution < 1.29 is 9.53 Å². The lowest BCUT2D eigenvalue weighted by Crippen LogP contribution is -2.25. The first-order valence-electron chi connectivity index (χ1n) is 11.8. The average Bonchev–Trinajstić information content (AvgIpc) is 3.53. The van der Waals surface area contributed by atoms with Crippen LogP contribution >= 0.6 is 0 Å². The van der Waals surface area contributed by atoms with Crippen LogP contribution in [0, 0.1) is 0 Å². The summed E-state index contributed by atoms with van der Waals surface area (Å²) in [6.45, 7) is 0.582. The molecule has 0 saturated carbocycles. The van der Waals surface area contributed by atoms with Gasteiger partial charge < -0.3 is 15.0 Å². The molecular weight excluding hydrogens is 436 g/mol. The van der Waals surface area contributed by atoms with Gasteiger partial charge in [0.25, 0.3) is 0 Å². The summed E-state index contributed by atoms with van der Waals surface area (Å²) in [5.74, 6) is 0.867. The number of rotatable bonds is 9. The number of amides is 1. The second-order valence-electron chi connectivity index (χ2n) is 8.48. The summed E-state index contributed by atoms with van der Waals surface area (Å²) in [4.78, 5) is 16.2. The SMILES string of the molecule is COc1ccc(-c2[nH]c3ccccc3c2CCC(=O)NCCc2cnn(-c3ccccc3)c2)cc1. The number of ether oxygens (including phenoxy) is 1. The van der Waals surface area contributed by atoms with Crippen molar-refractivity contribution in [1.29, 1.82) is 0 Å². The molecule has 0 aliphatic rings. The maximum Gasteiger partial charge on any atom is 0.220 e. The molecule has 1 amide bonds. The Balaban J connectivity index is 1.21. The lowest BCUT2D eigenvalue weighted by molar-refractivity contribution is -0.121. The van der Waals surface area contributed by atoms with E-state index in [-0.39, 0.29) is 5.91 Å². The summed E-state index contributed by atoms with van der Waals surface area (Å²) in [7, 11) is 1.66. The number of aromatic amines is 1. The molecule has 0 fully saturated rings. The molecule has 0 bridgehead atoms. The summed E-state index contributed by atoms with van der Waals surface area (Å²) >= 11 is 0. The van der Waals surface area contributed by atoms with E-state index in [4.69, 9.17) is 4.74 Å². The van der Waals surface area contributed by atoms with Crippen LogP contribution in [0.3, 0.4) is 0 Å². The Labute approximate surface area is 204 Å². The molecule has 176 valence electrons. The van der Waals surface area contributed by atoms with Gasteiger partial charge in [0, 0.05) is 35.8 Å². The first-order valence-corrected chi connectivity index (χ1v) is 11.8. The first-order chi connectivity index (χ1) is 17.2. The fourth-order valence-corrected chi connectivity index (χ4v) is 4.35. The minimum Gasteiger partial charge on any atom is -0.497 e. The summed E-state index contributed by atoms with van der Waals surface area (Å²) < 4.78 is 7.15. The number of fused-ring (bicyclic) bond motifs is 1. The third-order valence-corrected chi connectivity index (χ3v) is 6.19. The zero-order valence-electron chi connectivity index (χ0n) is 19.7. The van der Waals surface area contributed by atoms with Crippen molar-refractivity contribution in [2.24, 2.45) is 0 Å².